The van der Waals surface area contributed by atoms with Crippen LogP contribution in [-0.2, 0) is 9.53 Å². The van der Waals surface area contributed by atoms with Crippen LogP contribution < -0.4 is 10.6 Å². The van der Waals surface area contributed by atoms with Crippen molar-refractivity contribution in [1.29, 1.82) is 0 Å². The topological polar surface area (TPSA) is 63.2 Å². The van der Waals surface area contributed by atoms with E-state index in [1.54, 1.807) is 6.20 Å². The summed E-state index contributed by atoms with van der Waals surface area (Å²) in [5, 5.41) is 8.53. The summed E-state index contributed by atoms with van der Waals surface area (Å²) in [5.74, 6) is -0.137. The number of hydrogen-bond donors (Lipinski definition) is 2. The van der Waals surface area contributed by atoms with Gasteiger partial charge in [-0.1, -0.05) is 6.92 Å². The molecule has 0 spiro atoms. The first-order valence-corrected chi connectivity index (χ1v) is 6.20. The number of nitrogens with zero attached hydrogens (tertiary/aromatic N) is 1. The van der Waals surface area contributed by atoms with E-state index in [-0.39, 0.29) is 17.9 Å². The molecule has 1 fully saturated rings. The Morgan fingerprint density at radius 2 is 2.56 bits per heavy atom. The van der Waals surface area contributed by atoms with Crippen molar-refractivity contribution < 1.29 is 9.53 Å². The molecule has 1 aliphatic rings. The molecule has 2 N–H and O–H groups in total. The minimum atomic E-state index is -0.121. The predicted molar refractivity (Wildman–Crippen MR) is 62.5 cm³/mol. The first kappa shape index (κ1) is 11.5. The average molecular weight is 241 g/mol. The van der Waals surface area contributed by atoms with Crippen LogP contribution in [0.25, 0.3) is 0 Å². The number of nitrogens with one attached hydrogen (secondary N) is 2. The molecular formula is C10H15N3O2S. The van der Waals surface area contributed by atoms with Crippen molar-refractivity contribution in [1.82, 2.24) is 10.3 Å². The van der Waals surface area contributed by atoms with E-state index >= 15 is 0 Å². The predicted octanol–water partition coefficient (Wildman–Crippen LogP) is 0.706. The van der Waals surface area contributed by atoms with Crippen LogP contribution in [0.3, 0.4) is 0 Å². The summed E-state index contributed by atoms with van der Waals surface area (Å²) in [6.07, 6.45) is 1.67. The monoisotopic (exact) mass is 241 g/mol. The molecule has 5 nitrogen and oxygen atoms in total. The molecule has 1 amide bonds. The van der Waals surface area contributed by atoms with Crippen molar-refractivity contribution in [2.75, 3.05) is 25.1 Å². The highest BCUT2D eigenvalue weighted by Crippen LogP contribution is 2.17. The van der Waals surface area contributed by atoms with E-state index in [1.165, 1.54) is 11.3 Å². The molecule has 16 heavy (non-hydrogen) atoms. The largest absolute Gasteiger partial charge is 0.379 e. The van der Waals surface area contributed by atoms with Gasteiger partial charge in [-0.15, -0.1) is 11.3 Å². The molecule has 1 aromatic rings. The number of amides is 1. The van der Waals surface area contributed by atoms with Crippen molar-refractivity contribution >= 4 is 22.4 Å². The highest BCUT2D eigenvalue weighted by Gasteiger charge is 2.33. The van der Waals surface area contributed by atoms with Gasteiger partial charge in [0.1, 0.15) is 0 Å². The molecule has 0 saturated carbocycles. The lowest BCUT2D eigenvalue weighted by molar-refractivity contribution is -0.120. The summed E-state index contributed by atoms with van der Waals surface area (Å²) in [5.41, 5.74) is 0. The second-order valence-corrected chi connectivity index (χ2v) is 4.53. The Labute approximate surface area is 98.2 Å². The average Bonchev–Trinajstić information content (AvgIpc) is 2.89. The third-order valence-electron chi connectivity index (χ3n) is 2.55. The van der Waals surface area contributed by atoms with Crippen molar-refractivity contribution in [2.45, 2.75) is 13.0 Å². The van der Waals surface area contributed by atoms with Crippen molar-refractivity contribution in [2.24, 2.45) is 5.92 Å². The highest BCUT2D eigenvalue weighted by molar-refractivity contribution is 7.13. The third kappa shape index (κ3) is 2.58. The molecule has 88 valence electrons. The zero-order valence-corrected chi connectivity index (χ0v) is 9.92. The van der Waals surface area contributed by atoms with E-state index in [4.69, 9.17) is 4.74 Å². The maximum atomic E-state index is 11.9. The molecular weight excluding hydrogens is 226 g/mol. The number of aromatic nitrogens is 1. The van der Waals surface area contributed by atoms with Crippen LogP contribution in [0.1, 0.15) is 6.92 Å². The van der Waals surface area contributed by atoms with Gasteiger partial charge in [-0.2, -0.15) is 0 Å². The van der Waals surface area contributed by atoms with E-state index in [9.17, 15) is 4.79 Å². The molecule has 2 atom stereocenters. The number of anilines is 1. The van der Waals surface area contributed by atoms with Gasteiger partial charge in [0.15, 0.2) is 5.13 Å². The molecule has 2 unspecified atom stereocenters. The Morgan fingerprint density at radius 1 is 1.69 bits per heavy atom. The van der Waals surface area contributed by atoms with Crippen molar-refractivity contribution in [3.8, 4) is 0 Å². The minimum absolute atomic E-state index is 0.0154. The van der Waals surface area contributed by atoms with Gasteiger partial charge in [0, 0.05) is 17.6 Å². The number of hydrogen-bond acceptors (Lipinski definition) is 5. The quantitative estimate of drug-likeness (QED) is 0.815. The van der Waals surface area contributed by atoms with E-state index < -0.39 is 0 Å². The zero-order valence-electron chi connectivity index (χ0n) is 9.10. The number of carbonyl (C=O) groups is 1. The Balaban J connectivity index is 1.93. The SMILES string of the molecule is CCNC1COCC1C(=O)Nc1nccs1. The molecule has 0 bridgehead atoms. The van der Waals surface area contributed by atoms with Crippen LogP contribution in [0.5, 0.6) is 0 Å². The normalized spacial score (nSPS) is 24.6. The molecule has 6 heteroatoms. The van der Waals surface area contributed by atoms with E-state index in [2.05, 4.69) is 15.6 Å². The van der Waals surface area contributed by atoms with Gasteiger partial charge in [-0.05, 0) is 6.54 Å². The Kier molecular flexibility index (Phi) is 3.87. The standard InChI is InChI=1S/C10H15N3O2S/c1-2-11-8-6-15-5-7(8)9(14)13-10-12-3-4-16-10/h3-4,7-8,11H,2,5-6H2,1H3,(H,12,13,14). The fourth-order valence-corrected chi connectivity index (χ4v) is 2.29. The molecule has 0 radical (unpaired) electrons. The number of likely N-dealkylation sites (N-methyl/N-ethyl adjacent to an activating group) is 1. The molecule has 0 aromatic carbocycles. The van der Waals surface area contributed by atoms with E-state index in [0.717, 1.165) is 6.54 Å². The molecule has 2 rings (SSSR count). The molecule has 1 aromatic heterocycles. The summed E-state index contributed by atoms with van der Waals surface area (Å²) in [4.78, 5) is 16.0. The fourth-order valence-electron chi connectivity index (χ4n) is 1.76. The van der Waals surface area contributed by atoms with Crippen LogP contribution in [0.4, 0.5) is 5.13 Å². The number of rotatable bonds is 4. The highest BCUT2D eigenvalue weighted by atomic mass is 32.1. The summed E-state index contributed by atoms with van der Waals surface area (Å²) in [7, 11) is 0. The lowest BCUT2D eigenvalue weighted by atomic mass is 10.0. The van der Waals surface area contributed by atoms with E-state index in [0.29, 0.717) is 18.3 Å². The van der Waals surface area contributed by atoms with E-state index in [1.807, 2.05) is 12.3 Å². The third-order valence-corrected chi connectivity index (χ3v) is 3.23. The Morgan fingerprint density at radius 3 is 3.25 bits per heavy atom. The lowest BCUT2D eigenvalue weighted by Gasteiger charge is -2.16. The number of carbonyl (C=O) groups excluding carboxylic acids is 1. The van der Waals surface area contributed by atoms with Gasteiger partial charge < -0.3 is 15.4 Å². The molecule has 0 aliphatic carbocycles. The zero-order chi connectivity index (χ0) is 11.4. The summed E-state index contributed by atoms with van der Waals surface area (Å²) < 4.78 is 5.32. The van der Waals surface area contributed by atoms with Gasteiger partial charge in [0.2, 0.25) is 5.91 Å². The summed E-state index contributed by atoms with van der Waals surface area (Å²) in [6.45, 7) is 3.95. The van der Waals surface area contributed by atoms with Gasteiger partial charge >= 0.3 is 0 Å². The Hall–Kier alpha value is -0.980. The number of thiazole rings is 1. The fraction of sp³-hybridized carbons (Fsp3) is 0.600. The Bertz CT molecular complexity index is 342. The maximum absolute atomic E-state index is 11.9. The first-order chi connectivity index (χ1) is 7.81. The number of ether oxygens (including phenoxy) is 1. The van der Waals surface area contributed by atoms with Crippen LogP contribution >= 0.6 is 11.3 Å². The molecule has 2 heterocycles. The summed E-state index contributed by atoms with van der Waals surface area (Å²) >= 11 is 1.42. The van der Waals surface area contributed by atoms with Gasteiger partial charge in [-0.25, -0.2) is 4.98 Å². The second-order valence-electron chi connectivity index (χ2n) is 3.63. The molecule has 1 aliphatic heterocycles. The van der Waals surface area contributed by atoms with Gasteiger partial charge in [0.25, 0.3) is 0 Å². The van der Waals surface area contributed by atoms with Gasteiger partial charge in [-0.3, -0.25) is 4.79 Å². The smallest absolute Gasteiger partial charge is 0.233 e. The first-order valence-electron chi connectivity index (χ1n) is 5.32. The summed E-state index contributed by atoms with van der Waals surface area (Å²) in [6, 6.07) is 0.116. The van der Waals surface area contributed by atoms with Gasteiger partial charge in [0.05, 0.1) is 19.1 Å². The molecule has 1 saturated heterocycles. The minimum Gasteiger partial charge on any atom is -0.379 e. The second kappa shape index (κ2) is 5.38. The van der Waals surface area contributed by atoms with Crippen LogP contribution in [0.2, 0.25) is 0 Å². The van der Waals surface area contributed by atoms with Crippen molar-refractivity contribution in [3.05, 3.63) is 11.6 Å². The van der Waals surface area contributed by atoms with Crippen molar-refractivity contribution in [3.63, 3.8) is 0 Å². The lowest BCUT2D eigenvalue weighted by Crippen LogP contribution is -2.41. The maximum Gasteiger partial charge on any atom is 0.233 e. The van der Waals surface area contributed by atoms with Crippen LogP contribution in [0, 0.1) is 5.92 Å². The van der Waals surface area contributed by atoms with Crippen LogP contribution in [0.15, 0.2) is 11.6 Å². The van der Waals surface area contributed by atoms with Crippen LogP contribution in [-0.4, -0.2) is 36.7 Å².